The van der Waals surface area contributed by atoms with Gasteiger partial charge in [0.25, 0.3) is 0 Å². The number of halogens is 1. The maximum atomic E-state index is 12.9. The summed E-state index contributed by atoms with van der Waals surface area (Å²) in [4.78, 5) is 17.1. The molecular formula is C22H15ClN2O4. The standard InChI is InChI=1S/C22H15ClN2O4/c1-2-27-12-25-21-16(11-24)18(13-7-9-14(23)10-8-13)19-20(29-21)15-5-3-4-6-17(15)28-22(19)26/h3-10,12,18H,2H2,1H3/t18-/m1/s1. The molecule has 0 amide bonds. The van der Waals surface area contributed by atoms with Gasteiger partial charge in [0.05, 0.1) is 23.5 Å². The molecular weight excluding hydrogens is 392 g/mol. The summed E-state index contributed by atoms with van der Waals surface area (Å²) in [5, 5.41) is 11.0. The smallest absolute Gasteiger partial charge is 0.344 e. The lowest BCUT2D eigenvalue weighted by molar-refractivity contribution is 0.335. The zero-order valence-electron chi connectivity index (χ0n) is 15.4. The van der Waals surface area contributed by atoms with Crippen molar-refractivity contribution >= 4 is 29.0 Å². The van der Waals surface area contributed by atoms with Gasteiger partial charge in [0.1, 0.15) is 17.2 Å². The zero-order chi connectivity index (χ0) is 20.4. The Kier molecular flexibility index (Phi) is 5.07. The Balaban J connectivity index is 2.02. The van der Waals surface area contributed by atoms with Crippen LogP contribution in [-0.2, 0) is 4.74 Å². The number of aliphatic imine (C=N–C) groups is 1. The van der Waals surface area contributed by atoms with E-state index in [0.717, 1.165) is 0 Å². The maximum absolute atomic E-state index is 12.9. The van der Waals surface area contributed by atoms with E-state index in [-0.39, 0.29) is 17.0 Å². The van der Waals surface area contributed by atoms with Crippen LogP contribution < -0.4 is 10.4 Å². The average molecular weight is 407 g/mol. The molecule has 0 fully saturated rings. The van der Waals surface area contributed by atoms with Gasteiger partial charge in [-0.1, -0.05) is 35.9 Å². The fourth-order valence-corrected chi connectivity index (χ4v) is 3.40. The number of allylic oxidation sites excluding steroid dienone is 1. The van der Waals surface area contributed by atoms with Crippen molar-refractivity contribution in [2.45, 2.75) is 12.8 Å². The van der Waals surface area contributed by atoms with E-state index in [1.165, 1.54) is 6.40 Å². The minimum Gasteiger partial charge on any atom is -0.483 e. The molecule has 0 bridgehead atoms. The molecule has 0 saturated carbocycles. The number of para-hydroxylation sites is 1. The van der Waals surface area contributed by atoms with Gasteiger partial charge in [-0.3, -0.25) is 0 Å². The number of nitriles is 1. The molecule has 29 heavy (non-hydrogen) atoms. The van der Waals surface area contributed by atoms with Crippen molar-refractivity contribution in [1.82, 2.24) is 0 Å². The molecule has 0 unspecified atom stereocenters. The number of nitrogens with zero attached hydrogens (tertiary/aromatic N) is 2. The highest BCUT2D eigenvalue weighted by molar-refractivity contribution is 6.30. The predicted octanol–water partition coefficient (Wildman–Crippen LogP) is 4.77. The van der Waals surface area contributed by atoms with Gasteiger partial charge in [-0.25, -0.2) is 4.79 Å². The Labute approximate surface area is 171 Å². The molecule has 1 aliphatic heterocycles. The Morgan fingerprint density at radius 2 is 2.00 bits per heavy atom. The largest absolute Gasteiger partial charge is 0.483 e. The van der Waals surface area contributed by atoms with E-state index in [9.17, 15) is 10.1 Å². The minimum absolute atomic E-state index is 0.0733. The molecule has 3 aromatic rings. The number of hydrogen-bond donors (Lipinski definition) is 0. The van der Waals surface area contributed by atoms with E-state index in [1.807, 2.05) is 13.0 Å². The topological polar surface area (TPSA) is 84.8 Å². The summed E-state index contributed by atoms with van der Waals surface area (Å²) in [7, 11) is 0. The van der Waals surface area contributed by atoms with E-state index in [0.29, 0.717) is 33.9 Å². The van der Waals surface area contributed by atoms with Crippen molar-refractivity contribution in [3.05, 3.63) is 86.6 Å². The third kappa shape index (κ3) is 3.37. The highest BCUT2D eigenvalue weighted by Gasteiger charge is 2.36. The molecule has 144 valence electrons. The van der Waals surface area contributed by atoms with Crippen LogP contribution >= 0.6 is 11.6 Å². The van der Waals surface area contributed by atoms with E-state index < -0.39 is 11.5 Å². The zero-order valence-corrected chi connectivity index (χ0v) is 16.1. The lowest BCUT2D eigenvalue weighted by Gasteiger charge is -2.25. The summed E-state index contributed by atoms with van der Waals surface area (Å²) in [5.74, 6) is -0.320. The molecule has 7 heteroatoms. The first-order valence-electron chi connectivity index (χ1n) is 8.91. The van der Waals surface area contributed by atoms with Gasteiger partial charge in [0, 0.05) is 5.02 Å². The second-order valence-electron chi connectivity index (χ2n) is 6.24. The summed E-state index contributed by atoms with van der Waals surface area (Å²) in [6.07, 6.45) is 1.23. The van der Waals surface area contributed by atoms with Crippen LogP contribution in [0.1, 0.15) is 24.0 Å². The fraction of sp³-hybridized carbons (Fsp3) is 0.136. The SMILES string of the molecule is CCOC=NC1=C(C#N)[C@@H](c2ccc(Cl)cc2)c2c(c3ccccc3oc2=O)O1. The molecule has 2 heterocycles. The summed E-state index contributed by atoms with van der Waals surface area (Å²) in [6.45, 7) is 2.24. The van der Waals surface area contributed by atoms with Crippen molar-refractivity contribution in [3.8, 4) is 11.8 Å². The highest BCUT2D eigenvalue weighted by Crippen LogP contribution is 2.44. The molecule has 1 atom stereocenters. The van der Waals surface area contributed by atoms with Crippen LogP contribution in [0.5, 0.6) is 5.75 Å². The van der Waals surface area contributed by atoms with E-state index in [2.05, 4.69) is 11.1 Å². The predicted molar refractivity (Wildman–Crippen MR) is 109 cm³/mol. The Hall–Kier alpha value is -3.56. The number of hydrogen-bond acceptors (Lipinski definition) is 6. The van der Waals surface area contributed by atoms with Crippen LogP contribution in [0, 0.1) is 11.3 Å². The second-order valence-corrected chi connectivity index (χ2v) is 6.67. The molecule has 0 aliphatic carbocycles. The van der Waals surface area contributed by atoms with Gasteiger partial charge in [0.2, 0.25) is 5.88 Å². The highest BCUT2D eigenvalue weighted by atomic mass is 35.5. The van der Waals surface area contributed by atoms with Gasteiger partial charge >= 0.3 is 5.63 Å². The molecule has 0 spiro atoms. The van der Waals surface area contributed by atoms with Crippen molar-refractivity contribution < 1.29 is 13.9 Å². The molecule has 6 nitrogen and oxygen atoms in total. The fourth-order valence-electron chi connectivity index (χ4n) is 3.27. The summed E-state index contributed by atoms with van der Waals surface area (Å²) in [5.41, 5.74) is 0.942. The van der Waals surface area contributed by atoms with Crippen LogP contribution in [0.4, 0.5) is 0 Å². The molecule has 4 rings (SSSR count). The van der Waals surface area contributed by atoms with Crippen LogP contribution in [-0.4, -0.2) is 13.0 Å². The van der Waals surface area contributed by atoms with Crippen molar-refractivity contribution in [2.24, 2.45) is 4.99 Å². The van der Waals surface area contributed by atoms with Gasteiger partial charge in [-0.2, -0.15) is 10.3 Å². The lowest BCUT2D eigenvalue weighted by Crippen LogP contribution is -2.23. The minimum atomic E-state index is -0.712. The van der Waals surface area contributed by atoms with Crippen LogP contribution in [0.2, 0.25) is 5.02 Å². The summed E-state index contributed by atoms with van der Waals surface area (Å²) in [6, 6.07) is 16.1. The molecule has 1 aliphatic rings. The van der Waals surface area contributed by atoms with E-state index in [4.69, 9.17) is 25.5 Å². The van der Waals surface area contributed by atoms with Crippen molar-refractivity contribution in [1.29, 1.82) is 5.26 Å². The van der Waals surface area contributed by atoms with Crippen molar-refractivity contribution in [2.75, 3.05) is 6.61 Å². The van der Waals surface area contributed by atoms with Crippen LogP contribution in [0.15, 0.2) is 74.2 Å². The summed E-state index contributed by atoms with van der Waals surface area (Å²) >= 11 is 6.02. The molecule has 1 aromatic heterocycles. The monoisotopic (exact) mass is 406 g/mol. The Morgan fingerprint density at radius 3 is 2.72 bits per heavy atom. The Morgan fingerprint density at radius 1 is 1.24 bits per heavy atom. The first-order valence-corrected chi connectivity index (χ1v) is 9.29. The van der Waals surface area contributed by atoms with Crippen LogP contribution in [0.3, 0.4) is 0 Å². The van der Waals surface area contributed by atoms with Gasteiger partial charge in [-0.15, -0.1) is 0 Å². The third-order valence-electron chi connectivity index (χ3n) is 4.54. The van der Waals surface area contributed by atoms with E-state index >= 15 is 0 Å². The molecule has 0 N–H and O–H groups in total. The molecule has 2 aromatic carbocycles. The first-order chi connectivity index (χ1) is 14.1. The summed E-state index contributed by atoms with van der Waals surface area (Å²) < 4.78 is 16.6. The number of benzene rings is 2. The second kappa shape index (κ2) is 7.82. The lowest BCUT2D eigenvalue weighted by atomic mass is 9.84. The van der Waals surface area contributed by atoms with Crippen LogP contribution in [0.25, 0.3) is 11.0 Å². The van der Waals surface area contributed by atoms with Crippen molar-refractivity contribution in [3.63, 3.8) is 0 Å². The van der Waals surface area contributed by atoms with Gasteiger partial charge < -0.3 is 13.9 Å². The average Bonchev–Trinajstić information content (AvgIpc) is 2.73. The van der Waals surface area contributed by atoms with Gasteiger partial charge in [0.15, 0.2) is 12.2 Å². The number of fused-ring (bicyclic) bond motifs is 3. The number of ether oxygens (including phenoxy) is 2. The maximum Gasteiger partial charge on any atom is 0.344 e. The Bertz CT molecular complexity index is 1240. The quantitative estimate of drug-likeness (QED) is 0.354. The molecule has 0 saturated heterocycles. The van der Waals surface area contributed by atoms with E-state index in [1.54, 1.807) is 42.5 Å². The first kappa shape index (κ1) is 18.8. The normalized spacial score (nSPS) is 15.8. The molecule has 0 radical (unpaired) electrons. The number of rotatable bonds is 4. The van der Waals surface area contributed by atoms with Gasteiger partial charge in [-0.05, 0) is 36.8 Å². The third-order valence-corrected chi connectivity index (χ3v) is 4.79.